The second kappa shape index (κ2) is 6.88. The number of halogens is 3. The van der Waals surface area contributed by atoms with E-state index >= 15 is 0 Å². The van der Waals surface area contributed by atoms with Gasteiger partial charge in [0.15, 0.2) is 5.13 Å². The molecule has 1 aliphatic heterocycles. The Morgan fingerprint density at radius 1 is 1.04 bits per heavy atom. The molecule has 0 atom stereocenters. The predicted octanol–water partition coefficient (Wildman–Crippen LogP) is 3.89. The number of nitrogens with zero attached hydrogens (tertiary/aromatic N) is 3. The summed E-state index contributed by atoms with van der Waals surface area (Å²) in [7, 11) is 1.63. The molecule has 0 amide bonds. The summed E-state index contributed by atoms with van der Waals surface area (Å²) in [6.07, 6.45) is -2.53. The van der Waals surface area contributed by atoms with Crippen molar-refractivity contribution in [2.75, 3.05) is 43.1 Å². The van der Waals surface area contributed by atoms with Crippen LogP contribution in [0.3, 0.4) is 0 Å². The highest BCUT2D eigenvalue weighted by atomic mass is 32.1. The fraction of sp³-hybridized carbons (Fsp3) is 0.438. The molecule has 0 N–H and O–H groups in total. The smallest absolute Gasteiger partial charge is 0.427 e. The fourth-order valence-electron chi connectivity index (χ4n) is 2.70. The van der Waals surface area contributed by atoms with Crippen LogP contribution in [0.25, 0.3) is 0 Å². The van der Waals surface area contributed by atoms with Gasteiger partial charge in [0.1, 0.15) is 10.6 Å². The predicted molar refractivity (Wildman–Crippen MR) is 89.2 cm³/mol. The monoisotopic (exact) mass is 357 g/mol. The highest BCUT2D eigenvalue weighted by molar-refractivity contribution is 7.15. The molecule has 1 aromatic carbocycles. The van der Waals surface area contributed by atoms with Gasteiger partial charge in [-0.25, -0.2) is 4.98 Å². The molecule has 1 aromatic heterocycles. The highest BCUT2D eigenvalue weighted by Gasteiger charge is 2.34. The zero-order chi connectivity index (χ0) is 17.2. The van der Waals surface area contributed by atoms with E-state index in [9.17, 15) is 13.2 Å². The van der Waals surface area contributed by atoms with Crippen LogP contribution < -0.4 is 14.5 Å². The van der Waals surface area contributed by atoms with Gasteiger partial charge >= 0.3 is 6.18 Å². The van der Waals surface area contributed by atoms with E-state index in [2.05, 4.69) is 9.88 Å². The Kier molecular flexibility index (Phi) is 4.84. The van der Waals surface area contributed by atoms with Crippen LogP contribution in [-0.2, 0) is 6.18 Å². The lowest BCUT2D eigenvalue weighted by Gasteiger charge is -2.23. The first-order valence-electron chi connectivity index (χ1n) is 7.64. The van der Waals surface area contributed by atoms with Gasteiger partial charge in [-0.2, -0.15) is 13.2 Å². The molecule has 4 nitrogen and oxygen atoms in total. The van der Waals surface area contributed by atoms with Crippen molar-refractivity contribution < 1.29 is 17.9 Å². The number of benzene rings is 1. The van der Waals surface area contributed by atoms with Gasteiger partial charge in [0.25, 0.3) is 0 Å². The number of ether oxygens (including phenoxy) is 1. The Bertz CT molecular complexity index is 672. The van der Waals surface area contributed by atoms with Crippen LogP contribution in [0, 0.1) is 0 Å². The second-order valence-corrected chi connectivity index (χ2v) is 6.54. The van der Waals surface area contributed by atoms with Gasteiger partial charge in [-0.15, -0.1) is 0 Å². The molecule has 1 fully saturated rings. The van der Waals surface area contributed by atoms with Gasteiger partial charge in [-0.05, 0) is 30.7 Å². The maximum atomic E-state index is 12.7. The van der Waals surface area contributed by atoms with Gasteiger partial charge in [-0.3, -0.25) is 0 Å². The van der Waals surface area contributed by atoms with Crippen molar-refractivity contribution in [1.82, 2.24) is 4.98 Å². The summed E-state index contributed by atoms with van der Waals surface area (Å²) < 4.78 is 43.3. The van der Waals surface area contributed by atoms with Crippen molar-refractivity contribution in [2.24, 2.45) is 0 Å². The van der Waals surface area contributed by atoms with E-state index < -0.39 is 11.1 Å². The minimum atomic E-state index is -4.32. The lowest BCUT2D eigenvalue weighted by molar-refractivity contribution is -0.134. The number of anilines is 2. The third-order valence-corrected chi connectivity index (χ3v) is 5.08. The largest absolute Gasteiger partial charge is 0.497 e. The zero-order valence-corrected chi connectivity index (χ0v) is 14.0. The standard InChI is InChI=1S/C16H18F3N3OS/c1-23-13-5-3-12(4-6-13)21-7-2-8-22(10-9-21)15-20-11-14(24-15)16(17,18)19/h3-6,11H,2,7-10H2,1H3. The Labute approximate surface area is 142 Å². The molecule has 0 spiro atoms. The van der Waals surface area contributed by atoms with E-state index in [0.717, 1.165) is 37.1 Å². The maximum Gasteiger partial charge on any atom is 0.427 e. The van der Waals surface area contributed by atoms with Crippen LogP contribution >= 0.6 is 11.3 Å². The van der Waals surface area contributed by atoms with Crippen molar-refractivity contribution in [3.8, 4) is 5.75 Å². The van der Waals surface area contributed by atoms with Crippen molar-refractivity contribution in [2.45, 2.75) is 12.6 Å². The molecule has 0 bridgehead atoms. The van der Waals surface area contributed by atoms with Crippen LogP contribution in [0.1, 0.15) is 11.3 Å². The molecule has 8 heteroatoms. The summed E-state index contributed by atoms with van der Waals surface area (Å²) >= 11 is 0.712. The summed E-state index contributed by atoms with van der Waals surface area (Å²) in [5, 5.41) is 0.443. The van der Waals surface area contributed by atoms with Crippen LogP contribution in [0.5, 0.6) is 5.75 Å². The molecule has 1 saturated heterocycles. The van der Waals surface area contributed by atoms with Crippen LogP contribution in [0.15, 0.2) is 30.5 Å². The Hall–Kier alpha value is -1.96. The number of hydrogen-bond donors (Lipinski definition) is 0. The molecule has 0 aliphatic carbocycles. The van der Waals surface area contributed by atoms with E-state index in [1.54, 1.807) is 7.11 Å². The first-order valence-corrected chi connectivity index (χ1v) is 8.46. The summed E-state index contributed by atoms with van der Waals surface area (Å²) in [5.41, 5.74) is 1.09. The lowest BCUT2D eigenvalue weighted by atomic mass is 10.2. The zero-order valence-electron chi connectivity index (χ0n) is 13.2. The molecule has 2 heterocycles. The quantitative estimate of drug-likeness (QED) is 0.833. The average molecular weight is 357 g/mol. The SMILES string of the molecule is COc1ccc(N2CCCN(c3ncc(C(F)(F)F)s3)CC2)cc1. The number of methoxy groups -OCH3 is 1. The molecule has 1 aliphatic rings. The summed E-state index contributed by atoms with van der Waals surface area (Å²) in [4.78, 5) is 7.48. The third kappa shape index (κ3) is 3.75. The second-order valence-electron chi connectivity index (χ2n) is 5.53. The van der Waals surface area contributed by atoms with Gasteiger partial charge in [0, 0.05) is 31.9 Å². The number of hydrogen-bond acceptors (Lipinski definition) is 5. The van der Waals surface area contributed by atoms with E-state index in [1.807, 2.05) is 29.2 Å². The van der Waals surface area contributed by atoms with Crippen LogP contribution in [-0.4, -0.2) is 38.3 Å². The molecule has 130 valence electrons. The Morgan fingerprint density at radius 3 is 2.33 bits per heavy atom. The van der Waals surface area contributed by atoms with Crippen LogP contribution in [0.4, 0.5) is 24.0 Å². The van der Waals surface area contributed by atoms with E-state index in [0.29, 0.717) is 29.6 Å². The van der Waals surface area contributed by atoms with E-state index in [1.165, 1.54) is 0 Å². The summed E-state index contributed by atoms with van der Waals surface area (Å²) in [5.74, 6) is 0.803. The van der Waals surface area contributed by atoms with E-state index in [4.69, 9.17) is 4.74 Å². The molecule has 3 rings (SSSR count). The van der Waals surface area contributed by atoms with Crippen molar-refractivity contribution >= 4 is 22.2 Å². The minimum Gasteiger partial charge on any atom is -0.497 e. The lowest BCUT2D eigenvalue weighted by Crippen LogP contribution is -2.30. The Balaban J connectivity index is 1.67. The molecular formula is C16H18F3N3OS. The molecule has 0 saturated carbocycles. The number of alkyl halides is 3. The first kappa shape index (κ1) is 16.9. The first-order chi connectivity index (χ1) is 11.5. The molecule has 0 radical (unpaired) electrons. The minimum absolute atomic E-state index is 0.443. The van der Waals surface area contributed by atoms with Gasteiger partial charge < -0.3 is 14.5 Å². The Morgan fingerprint density at radius 2 is 1.71 bits per heavy atom. The normalized spacial score (nSPS) is 16.2. The molecular weight excluding hydrogens is 339 g/mol. The fourth-order valence-corrected chi connectivity index (χ4v) is 3.54. The number of thiazole rings is 1. The van der Waals surface area contributed by atoms with Gasteiger partial charge in [0.2, 0.25) is 0 Å². The summed E-state index contributed by atoms with van der Waals surface area (Å²) in [6.45, 7) is 2.96. The number of rotatable bonds is 3. The van der Waals surface area contributed by atoms with Crippen molar-refractivity contribution in [1.29, 1.82) is 0 Å². The van der Waals surface area contributed by atoms with Gasteiger partial charge in [-0.1, -0.05) is 11.3 Å². The molecule has 24 heavy (non-hydrogen) atoms. The molecule has 0 unspecified atom stereocenters. The molecule has 2 aromatic rings. The summed E-state index contributed by atoms with van der Waals surface area (Å²) in [6, 6.07) is 7.82. The number of aromatic nitrogens is 1. The van der Waals surface area contributed by atoms with E-state index in [-0.39, 0.29) is 0 Å². The van der Waals surface area contributed by atoms with Gasteiger partial charge in [0.05, 0.1) is 13.3 Å². The van der Waals surface area contributed by atoms with Crippen LogP contribution in [0.2, 0.25) is 0 Å². The topological polar surface area (TPSA) is 28.6 Å². The maximum absolute atomic E-state index is 12.7. The highest BCUT2D eigenvalue weighted by Crippen LogP contribution is 2.36. The third-order valence-electron chi connectivity index (χ3n) is 3.98. The average Bonchev–Trinajstić information content (AvgIpc) is 2.94. The van der Waals surface area contributed by atoms with Crippen molar-refractivity contribution in [3.05, 3.63) is 35.3 Å². The van der Waals surface area contributed by atoms with Crippen molar-refractivity contribution in [3.63, 3.8) is 0 Å².